The molecule has 1 aromatic rings. The Labute approximate surface area is 112 Å². The van der Waals surface area contributed by atoms with Gasteiger partial charge in [-0.25, -0.2) is 0 Å². The van der Waals surface area contributed by atoms with Crippen LogP contribution in [0, 0.1) is 0 Å². The van der Waals surface area contributed by atoms with Crippen LogP contribution in [0.1, 0.15) is 38.7 Å². The van der Waals surface area contributed by atoms with E-state index in [1.54, 1.807) is 0 Å². The Kier molecular flexibility index (Phi) is 5.06. The summed E-state index contributed by atoms with van der Waals surface area (Å²) in [6, 6.07) is 4.07. The maximum absolute atomic E-state index is 6.02. The van der Waals surface area contributed by atoms with E-state index in [1.807, 2.05) is 13.0 Å². The van der Waals surface area contributed by atoms with Crippen molar-refractivity contribution < 1.29 is 4.74 Å². The minimum atomic E-state index is 0.492. The van der Waals surface area contributed by atoms with Crippen molar-refractivity contribution in [3.63, 3.8) is 0 Å². The van der Waals surface area contributed by atoms with Gasteiger partial charge in [-0.2, -0.15) is 0 Å². The summed E-state index contributed by atoms with van der Waals surface area (Å²) in [5.41, 5.74) is 8.90. The molecule has 17 heavy (non-hydrogen) atoms. The second-order valence-corrected chi connectivity index (χ2v) is 5.33. The molecule has 0 aliphatic rings. The molecule has 0 aromatic heterocycles. The molecular formula is C14H20BrNO. The zero-order valence-electron chi connectivity index (χ0n) is 10.7. The lowest BCUT2D eigenvalue weighted by atomic mass is 9.98. The van der Waals surface area contributed by atoms with Gasteiger partial charge in [-0.05, 0) is 58.5 Å². The third-order valence-corrected chi connectivity index (χ3v) is 3.33. The highest BCUT2D eigenvalue weighted by molar-refractivity contribution is 9.10. The van der Waals surface area contributed by atoms with Crippen molar-refractivity contribution in [1.82, 2.24) is 0 Å². The average Bonchev–Trinajstić information content (AvgIpc) is 2.26. The van der Waals surface area contributed by atoms with Crippen molar-refractivity contribution in [3.05, 3.63) is 34.3 Å². The first kappa shape index (κ1) is 14.1. The average molecular weight is 298 g/mol. The van der Waals surface area contributed by atoms with Crippen LogP contribution in [0.15, 0.2) is 28.8 Å². The van der Waals surface area contributed by atoms with Gasteiger partial charge in [-0.15, -0.1) is 0 Å². The highest BCUT2D eigenvalue weighted by Gasteiger charge is 2.11. The van der Waals surface area contributed by atoms with Crippen molar-refractivity contribution >= 4 is 21.6 Å². The summed E-state index contributed by atoms with van der Waals surface area (Å²) >= 11 is 3.51. The molecule has 0 aliphatic heterocycles. The molecule has 0 bridgehead atoms. The van der Waals surface area contributed by atoms with Crippen molar-refractivity contribution in [2.75, 3.05) is 12.3 Å². The number of hydrogen-bond acceptors (Lipinski definition) is 2. The van der Waals surface area contributed by atoms with Gasteiger partial charge in [0.1, 0.15) is 6.61 Å². The van der Waals surface area contributed by atoms with E-state index in [0.717, 1.165) is 16.5 Å². The van der Waals surface area contributed by atoms with Crippen molar-refractivity contribution in [2.45, 2.75) is 33.1 Å². The molecule has 1 aromatic carbocycles. The number of benzene rings is 1. The minimum absolute atomic E-state index is 0.492. The van der Waals surface area contributed by atoms with E-state index in [0.29, 0.717) is 24.0 Å². The molecule has 2 N–H and O–H groups in total. The molecule has 1 unspecified atom stereocenters. The van der Waals surface area contributed by atoms with Crippen molar-refractivity contribution in [2.24, 2.45) is 0 Å². The van der Waals surface area contributed by atoms with Gasteiger partial charge in [0.05, 0.1) is 10.2 Å². The number of halogens is 1. The molecule has 0 spiro atoms. The normalized spacial score (nSPS) is 12.2. The molecule has 0 aliphatic carbocycles. The fourth-order valence-corrected chi connectivity index (χ4v) is 2.11. The smallest absolute Gasteiger partial charge is 0.156 e. The van der Waals surface area contributed by atoms with Crippen LogP contribution in [-0.2, 0) is 0 Å². The molecule has 0 saturated heterocycles. The Morgan fingerprint density at radius 3 is 2.65 bits per heavy atom. The minimum Gasteiger partial charge on any atom is -0.486 e. The molecular weight excluding hydrogens is 278 g/mol. The van der Waals surface area contributed by atoms with Gasteiger partial charge < -0.3 is 10.5 Å². The van der Waals surface area contributed by atoms with Gasteiger partial charge in [0, 0.05) is 0 Å². The number of rotatable bonds is 5. The molecule has 0 heterocycles. The Morgan fingerprint density at radius 2 is 2.18 bits per heavy atom. The van der Waals surface area contributed by atoms with E-state index in [1.165, 1.54) is 5.56 Å². The summed E-state index contributed by atoms with van der Waals surface area (Å²) in [4.78, 5) is 0. The molecule has 94 valence electrons. The van der Waals surface area contributed by atoms with Gasteiger partial charge in [-0.1, -0.05) is 20.4 Å². The van der Waals surface area contributed by atoms with Crippen molar-refractivity contribution in [1.29, 1.82) is 0 Å². The number of nitrogens with two attached hydrogens (primary N) is 1. The Balaban J connectivity index is 2.97. The van der Waals surface area contributed by atoms with Crippen LogP contribution >= 0.6 is 15.9 Å². The van der Waals surface area contributed by atoms with Crippen LogP contribution in [-0.4, -0.2) is 6.61 Å². The van der Waals surface area contributed by atoms with Gasteiger partial charge in [0.25, 0.3) is 0 Å². The van der Waals surface area contributed by atoms with Gasteiger partial charge in [-0.3, -0.25) is 0 Å². The molecule has 0 saturated carbocycles. The number of anilines is 1. The Morgan fingerprint density at radius 1 is 1.53 bits per heavy atom. The predicted molar refractivity (Wildman–Crippen MR) is 77.6 cm³/mol. The molecule has 0 amide bonds. The lowest BCUT2D eigenvalue weighted by molar-refractivity contribution is 0.352. The second kappa shape index (κ2) is 6.10. The topological polar surface area (TPSA) is 35.2 Å². The van der Waals surface area contributed by atoms with E-state index < -0.39 is 0 Å². The maximum atomic E-state index is 6.02. The fourth-order valence-electron chi connectivity index (χ4n) is 1.50. The van der Waals surface area contributed by atoms with Crippen LogP contribution in [0.2, 0.25) is 0 Å². The predicted octanol–water partition coefficient (Wildman–Crippen LogP) is 4.50. The summed E-state index contributed by atoms with van der Waals surface area (Å²) in [5.74, 6) is 1.21. The molecule has 0 radical (unpaired) electrons. The monoisotopic (exact) mass is 297 g/mol. The first-order valence-corrected chi connectivity index (χ1v) is 6.61. The first-order valence-electron chi connectivity index (χ1n) is 5.81. The first-order chi connectivity index (χ1) is 7.95. The number of hydrogen-bond donors (Lipinski definition) is 1. The molecule has 1 atom stereocenters. The Hall–Kier alpha value is -0.960. The van der Waals surface area contributed by atoms with Crippen LogP contribution in [0.5, 0.6) is 5.75 Å². The number of ether oxygens (including phenoxy) is 1. The standard InChI is InChI=1S/C14H20BrNO/c1-5-10(4)11-6-12(15)14(13(16)7-11)17-8-9(2)3/h6-7,10H,2,5,8,16H2,1,3-4H3. The summed E-state index contributed by atoms with van der Waals surface area (Å²) < 4.78 is 6.54. The SMILES string of the molecule is C=C(C)COc1c(N)cc(C(C)CC)cc1Br. The molecule has 2 nitrogen and oxygen atoms in total. The molecule has 1 rings (SSSR count). The lowest BCUT2D eigenvalue weighted by Gasteiger charge is -2.15. The van der Waals surface area contributed by atoms with Gasteiger partial charge in [0.15, 0.2) is 5.75 Å². The highest BCUT2D eigenvalue weighted by Crippen LogP contribution is 2.35. The molecule has 0 fully saturated rings. The van der Waals surface area contributed by atoms with Crippen LogP contribution < -0.4 is 10.5 Å². The van der Waals surface area contributed by atoms with Crippen LogP contribution in [0.4, 0.5) is 5.69 Å². The summed E-state index contributed by atoms with van der Waals surface area (Å²) in [5, 5.41) is 0. The zero-order valence-corrected chi connectivity index (χ0v) is 12.3. The maximum Gasteiger partial charge on any atom is 0.156 e. The highest BCUT2D eigenvalue weighted by atomic mass is 79.9. The van der Waals surface area contributed by atoms with E-state index >= 15 is 0 Å². The zero-order chi connectivity index (χ0) is 13.0. The van der Waals surface area contributed by atoms with Crippen molar-refractivity contribution in [3.8, 4) is 5.75 Å². The largest absolute Gasteiger partial charge is 0.486 e. The third-order valence-electron chi connectivity index (χ3n) is 2.74. The number of nitrogen functional groups attached to an aromatic ring is 1. The van der Waals surface area contributed by atoms with Gasteiger partial charge in [0.2, 0.25) is 0 Å². The van der Waals surface area contributed by atoms with Crippen LogP contribution in [0.25, 0.3) is 0 Å². The van der Waals surface area contributed by atoms with Gasteiger partial charge >= 0.3 is 0 Å². The third kappa shape index (κ3) is 3.77. The summed E-state index contributed by atoms with van der Waals surface area (Å²) in [6.45, 7) is 10.6. The van der Waals surface area contributed by atoms with E-state index in [2.05, 4.69) is 42.4 Å². The molecule has 3 heteroatoms. The summed E-state index contributed by atoms with van der Waals surface area (Å²) in [6.07, 6.45) is 1.10. The second-order valence-electron chi connectivity index (χ2n) is 4.48. The van der Waals surface area contributed by atoms with E-state index in [9.17, 15) is 0 Å². The summed E-state index contributed by atoms with van der Waals surface area (Å²) in [7, 11) is 0. The van der Waals surface area contributed by atoms with Crippen LogP contribution in [0.3, 0.4) is 0 Å². The van der Waals surface area contributed by atoms with E-state index in [-0.39, 0.29) is 0 Å². The quantitative estimate of drug-likeness (QED) is 0.641. The Bertz CT molecular complexity index is 392. The fraction of sp³-hybridized carbons (Fsp3) is 0.429. The lowest BCUT2D eigenvalue weighted by Crippen LogP contribution is -2.03. The van der Waals surface area contributed by atoms with E-state index in [4.69, 9.17) is 10.5 Å².